The molecule has 2 atom stereocenters. The van der Waals surface area contributed by atoms with Crippen LogP contribution >= 0.6 is 0 Å². The van der Waals surface area contributed by atoms with Gasteiger partial charge in [-0.05, 0) is 32.2 Å². The molecule has 0 bridgehead atoms. The van der Waals surface area contributed by atoms with Gasteiger partial charge in [-0.1, -0.05) is 20.8 Å². The van der Waals surface area contributed by atoms with E-state index in [0.29, 0.717) is 0 Å². The van der Waals surface area contributed by atoms with E-state index in [4.69, 9.17) is 0 Å². The lowest BCUT2D eigenvalue weighted by molar-refractivity contribution is 0.195. The zero-order chi connectivity index (χ0) is 8.43. The molecule has 1 heterocycles. The van der Waals surface area contributed by atoms with Crippen LogP contribution < -0.4 is 0 Å². The van der Waals surface area contributed by atoms with Crippen molar-refractivity contribution >= 4 is 0 Å². The van der Waals surface area contributed by atoms with Gasteiger partial charge in [0.25, 0.3) is 0 Å². The summed E-state index contributed by atoms with van der Waals surface area (Å²) >= 11 is 0. The Morgan fingerprint density at radius 2 is 2.00 bits per heavy atom. The lowest BCUT2D eigenvalue weighted by atomic mass is 10.0. The quantitative estimate of drug-likeness (QED) is 0.592. The summed E-state index contributed by atoms with van der Waals surface area (Å²) in [4.78, 5) is 2.57. The van der Waals surface area contributed by atoms with Crippen molar-refractivity contribution in [2.24, 2.45) is 5.92 Å². The van der Waals surface area contributed by atoms with Crippen molar-refractivity contribution in [1.29, 1.82) is 0 Å². The van der Waals surface area contributed by atoms with Gasteiger partial charge in [-0.3, -0.25) is 0 Å². The summed E-state index contributed by atoms with van der Waals surface area (Å²) in [6, 6.07) is 1.71. The molecule has 0 amide bonds. The van der Waals surface area contributed by atoms with Gasteiger partial charge in [0.05, 0.1) is 0 Å². The monoisotopic (exact) mass is 155 g/mol. The van der Waals surface area contributed by atoms with Crippen LogP contribution in [0, 0.1) is 5.92 Å². The highest BCUT2D eigenvalue weighted by molar-refractivity contribution is 4.85. The average molecular weight is 155 g/mol. The molecule has 0 radical (unpaired) electrons. The van der Waals surface area contributed by atoms with Gasteiger partial charge < -0.3 is 4.90 Å². The number of hydrogen-bond donors (Lipinski definition) is 0. The molecule has 0 aromatic heterocycles. The molecule has 0 aromatic carbocycles. The molecule has 0 saturated carbocycles. The van der Waals surface area contributed by atoms with Crippen LogP contribution in [0.2, 0.25) is 0 Å². The largest absolute Gasteiger partial charge is 0.300 e. The van der Waals surface area contributed by atoms with Crippen molar-refractivity contribution in [2.75, 3.05) is 7.05 Å². The zero-order valence-electron chi connectivity index (χ0n) is 8.30. The second kappa shape index (κ2) is 3.57. The molecule has 1 aliphatic rings. The van der Waals surface area contributed by atoms with Crippen molar-refractivity contribution in [1.82, 2.24) is 4.90 Å². The van der Waals surface area contributed by atoms with Crippen LogP contribution in [0.1, 0.15) is 40.0 Å². The Bertz CT molecular complexity index is 120. The van der Waals surface area contributed by atoms with Crippen LogP contribution in [0.3, 0.4) is 0 Å². The topological polar surface area (TPSA) is 3.24 Å². The van der Waals surface area contributed by atoms with E-state index in [-0.39, 0.29) is 0 Å². The molecule has 0 aliphatic carbocycles. The van der Waals surface area contributed by atoms with E-state index in [0.717, 1.165) is 18.0 Å². The lowest BCUT2D eigenvalue weighted by Crippen LogP contribution is -2.34. The summed E-state index contributed by atoms with van der Waals surface area (Å²) < 4.78 is 0. The van der Waals surface area contributed by atoms with E-state index in [1.54, 1.807) is 0 Å². The molecule has 1 saturated heterocycles. The first kappa shape index (κ1) is 9.05. The molecule has 1 fully saturated rings. The Labute approximate surface area is 70.8 Å². The molecule has 1 heteroatoms. The summed E-state index contributed by atoms with van der Waals surface area (Å²) in [6.45, 7) is 6.96. The first-order valence-corrected chi connectivity index (χ1v) is 4.88. The molecule has 0 N–H and O–H groups in total. The molecule has 1 rings (SSSR count). The number of rotatable bonds is 2. The first-order chi connectivity index (χ1) is 5.16. The van der Waals surface area contributed by atoms with Gasteiger partial charge >= 0.3 is 0 Å². The van der Waals surface area contributed by atoms with E-state index in [1.807, 2.05) is 0 Å². The fourth-order valence-corrected chi connectivity index (χ4v) is 2.34. The van der Waals surface area contributed by atoms with Crippen molar-refractivity contribution in [2.45, 2.75) is 52.1 Å². The Hall–Kier alpha value is -0.0400. The fourth-order valence-electron chi connectivity index (χ4n) is 2.34. The van der Waals surface area contributed by atoms with Gasteiger partial charge in [-0.25, -0.2) is 0 Å². The van der Waals surface area contributed by atoms with Gasteiger partial charge in [-0.15, -0.1) is 0 Å². The standard InChI is InChI=1S/C10H21N/c1-5-9-6-7-10(8(2)3)11(9)4/h8-10H,5-7H2,1-4H3/t9?,10-/m1/s1. The molecule has 1 unspecified atom stereocenters. The third-order valence-electron chi connectivity index (χ3n) is 3.14. The third kappa shape index (κ3) is 1.76. The Morgan fingerprint density at radius 1 is 1.36 bits per heavy atom. The Kier molecular flexibility index (Phi) is 2.94. The van der Waals surface area contributed by atoms with Gasteiger partial charge in [-0.2, -0.15) is 0 Å². The van der Waals surface area contributed by atoms with Crippen LogP contribution in [-0.4, -0.2) is 24.0 Å². The van der Waals surface area contributed by atoms with Crippen LogP contribution in [0.25, 0.3) is 0 Å². The van der Waals surface area contributed by atoms with Crippen molar-refractivity contribution in [3.8, 4) is 0 Å². The van der Waals surface area contributed by atoms with Crippen LogP contribution in [0.5, 0.6) is 0 Å². The van der Waals surface area contributed by atoms with Crippen molar-refractivity contribution in [3.05, 3.63) is 0 Å². The van der Waals surface area contributed by atoms with E-state index in [9.17, 15) is 0 Å². The number of nitrogens with zero attached hydrogens (tertiary/aromatic N) is 1. The maximum absolute atomic E-state index is 2.57. The Balaban J connectivity index is 2.48. The Morgan fingerprint density at radius 3 is 2.27 bits per heavy atom. The molecular formula is C10H21N. The summed E-state index contributed by atoms with van der Waals surface area (Å²) in [5, 5.41) is 0. The zero-order valence-corrected chi connectivity index (χ0v) is 8.30. The highest BCUT2D eigenvalue weighted by atomic mass is 15.2. The van der Waals surface area contributed by atoms with Crippen molar-refractivity contribution in [3.63, 3.8) is 0 Å². The summed E-state index contributed by atoms with van der Waals surface area (Å²) in [5.41, 5.74) is 0. The van der Waals surface area contributed by atoms with Crippen LogP contribution in [-0.2, 0) is 0 Å². The highest BCUT2D eigenvalue weighted by Crippen LogP contribution is 2.28. The predicted octanol–water partition coefficient (Wildman–Crippen LogP) is 2.52. The second-order valence-electron chi connectivity index (χ2n) is 4.12. The molecule has 11 heavy (non-hydrogen) atoms. The first-order valence-electron chi connectivity index (χ1n) is 4.88. The molecular weight excluding hydrogens is 134 g/mol. The number of likely N-dealkylation sites (tertiary alicyclic amines) is 1. The van der Waals surface area contributed by atoms with Gasteiger partial charge in [0.2, 0.25) is 0 Å². The highest BCUT2D eigenvalue weighted by Gasteiger charge is 2.30. The van der Waals surface area contributed by atoms with E-state index >= 15 is 0 Å². The average Bonchev–Trinajstić information content (AvgIpc) is 2.30. The summed E-state index contributed by atoms with van der Waals surface area (Å²) in [7, 11) is 2.28. The van der Waals surface area contributed by atoms with Crippen LogP contribution in [0.4, 0.5) is 0 Å². The molecule has 0 aromatic rings. The summed E-state index contributed by atoms with van der Waals surface area (Å²) in [5.74, 6) is 0.830. The van der Waals surface area contributed by atoms with Gasteiger partial charge in [0, 0.05) is 12.1 Å². The maximum atomic E-state index is 2.57. The third-order valence-corrected chi connectivity index (χ3v) is 3.14. The molecule has 1 aliphatic heterocycles. The normalized spacial score (nSPS) is 33.5. The molecule has 1 nitrogen and oxygen atoms in total. The second-order valence-corrected chi connectivity index (χ2v) is 4.12. The van der Waals surface area contributed by atoms with Crippen molar-refractivity contribution < 1.29 is 0 Å². The predicted molar refractivity (Wildman–Crippen MR) is 49.7 cm³/mol. The van der Waals surface area contributed by atoms with E-state index < -0.39 is 0 Å². The fraction of sp³-hybridized carbons (Fsp3) is 1.00. The van der Waals surface area contributed by atoms with Crippen LogP contribution in [0.15, 0.2) is 0 Å². The summed E-state index contributed by atoms with van der Waals surface area (Å²) in [6.07, 6.45) is 4.14. The lowest BCUT2D eigenvalue weighted by Gasteiger charge is -2.27. The minimum absolute atomic E-state index is 0.830. The number of hydrogen-bond acceptors (Lipinski definition) is 1. The minimum Gasteiger partial charge on any atom is -0.300 e. The maximum Gasteiger partial charge on any atom is 0.0119 e. The van der Waals surface area contributed by atoms with E-state index in [2.05, 4.69) is 32.7 Å². The van der Waals surface area contributed by atoms with Gasteiger partial charge in [0.15, 0.2) is 0 Å². The van der Waals surface area contributed by atoms with E-state index in [1.165, 1.54) is 19.3 Å². The smallest absolute Gasteiger partial charge is 0.0119 e. The minimum atomic E-state index is 0.830. The molecule has 0 spiro atoms. The molecule has 66 valence electrons. The van der Waals surface area contributed by atoms with Gasteiger partial charge in [0.1, 0.15) is 0 Å². The SMILES string of the molecule is CCC1CC[C@H](C(C)C)N1C.